The van der Waals surface area contributed by atoms with Crippen LogP contribution in [0.25, 0.3) is 0 Å². The maximum atomic E-state index is 12.6. The number of rotatable bonds is 6. The van der Waals surface area contributed by atoms with Crippen molar-refractivity contribution in [2.24, 2.45) is 5.92 Å². The molecule has 0 aliphatic carbocycles. The van der Waals surface area contributed by atoms with Crippen molar-refractivity contribution < 1.29 is 9.59 Å². The topological polar surface area (TPSA) is 61.4 Å². The van der Waals surface area contributed by atoms with Crippen LogP contribution in [0.4, 0.5) is 5.69 Å². The fourth-order valence-electron chi connectivity index (χ4n) is 3.79. The number of nitrogens with zero attached hydrogens (tertiary/aromatic N) is 1. The highest BCUT2D eigenvalue weighted by atomic mass is 16.2. The van der Waals surface area contributed by atoms with E-state index >= 15 is 0 Å². The highest BCUT2D eigenvalue weighted by molar-refractivity contribution is 5.92. The standard InChI is InChI=1S/C24H31N3O2/c1-17-11-12-20(14-18(17)2)19(3)25-23(28)16-27-13-7-8-21(15-27)24(29)26-22-9-5-4-6-10-22/h4-6,9-12,14,19,21H,7-8,13,15-16H2,1-3H3,(H,25,28)(H,26,29). The molecule has 29 heavy (non-hydrogen) atoms. The van der Waals surface area contributed by atoms with Crippen LogP contribution in [0.1, 0.15) is 42.5 Å². The number of hydrogen-bond donors (Lipinski definition) is 2. The molecule has 1 saturated heterocycles. The van der Waals surface area contributed by atoms with Crippen LogP contribution in [0.3, 0.4) is 0 Å². The predicted molar refractivity (Wildman–Crippen MR) is 117 cm³/mol. The first-order valence-corrected chi connectivity index (χ1v) is 10.4. The van der Waals surface area contributed by atoms with Gasteiger partial charge in [0.25, 0.3) is 0 Å². The van der Waals surface area contributed by atoms with Crippen LogP contribution in [0.15, 0.2) is 48.5 Å². The van der Waals surface area contributed by atoms with Crippen molar-refractivity contribution in [3.05, 3.63) is 65.2 Å². The molecule has 2 aromatic rings. The Balaban J connectivity index is 1.50. The Labute approximate surface area is 173 Å². The lowest BCUT2D eigenvalue weighted by Gasteiger charge is -2.31. The third-order valence-electron chi connectivity index (χ3n) is 5.69. The van der Waals surface area contributed by atoms with E-state index in [1.165, 1.54) is 11.1 Å². The average molecular weight is 394 g/mol. The van der Waals surface area contributed by atoms with E-state index in [0.29, 0.717) is 13.1 Å². The Morgan fingerprint density at radius 2 is 1.86 bits per heavy atom. The minimum absolute atomic E-state index is 0.000143. The van der Waals surface area contributed by atoms with Crippen molar-refractivity contribution in [1.29, 1.82) is 0 Å². The highest BCUT2D eigenvalue weighted by Crippen LogP contribution is 2.20. The molecule has 2 atom stereocenters. The van der Waals surface area contributed by atoms with Crippen LogP contribution < -0.4 is 10.6 Å². The minimum atomic E-state index is -0.0890. The SMILES string of the molecule is Cc1ccc(C(C)NC(=O)CN2CCCC(C(=O)Nc3ccccc3)C2)cc1C. The molecule has 2 unspecified atom stereocenters. The molecule has 1 aliphatic heterocycles. The molecule has 1 aliphatic rings. The van der Waals surface area contributed by atoms with Crippen LogP contribution in [0.2, 0.25) is 0 Å². The van der Waals surface area contributed by atoms with E-state index in [2.05, 4.69) is 47.6 Å². The summed E-state index contributed by atoms with van der Waals surface area (Å²) in [6, 6.07) is 15.8. The molecule has 5 nitrogen and oxygen atoms in total. The summed E-state index contributed by atoms with van der Waals surface area (Å²) in [5, 5.41) is 6.08. The van der Waals surface area contributed by atoms with E-state index in [4.69, 9.17) is 0 Å². The highest BCUT2D eigenvalue weighted by Gasteiger charge is 2.27. The first-order chi connectivity index (χ1) is 13.9. The van der Waals surface area contributed by atoms with E-state index in [-0.39, 0.29) is 23.8 Å². The van der Waals surface area contributed by atoms with Gasteiger partial charge < -0.3 is 10.6 Å². The molecule has 0 aromatic heterocycles. The summed E-state index contributed by atoms with van der Waals surface area (Å²) in [5.41, 5.74) is 4.40. The van der Waals surface area contributed by atoms with E-state index in [0.717, 1.165) is 30.6 Å². The van der Waals surface area contributed by atoms with Crippen LogP contribution in [0, 0.1) is 19.8 Å². The largest absolute Gasteiger partial charge is 0.348 e. The summed E-state index contributed by atoms with van der Waals surface area (Å²) in [6.07, 6.45) is 1.78. The summed E-state index contributed by atoms with van der Waals surface area (Å²) < 4.78 is 0. The quantitative estimate of drug-likeness (QED) is 0.784. The third kappa shape index (κ3) is 5.91. The minimum Gasteiger partial charge on any atom is -0.348 e. The number of anilines is 1. The van der Waals surface area contributed by atoms with Crippen LogP contribution in [-0.2, 0) is 9.59 Å². The lowest BCUT2D eigenvalue weighted by molar-refractivity contribution is -0.126. The molecule has 0 saturated carbocycles. The molecule has 2 N–H and O–H groups in total. The molecular formula is C24H31N3O2. The zero-order valence-corrected chi connectivity index (χ0v) is 17.6. The first-order valence-electron chi connectivity index (χ1n) is 10.4. The van der Waals surface area contributed by atoms with Gasteiger partial charge in [-0.05, 0) is 69.0 Å². The second kappa shape index (κ2) is 9.70. The normalized spacial score (nSPS) is 18.1. The lowest BCUT2D eigenvalue weighted by Crippen LogP contribution is -2.45. The number of piperidine rings is 1. The van der Waals surface area contributed by atoms with Gasteiger partial charge in [0, 0.05) is 12.2 Å². The van der Waals surface area contributed by atoms with Crippen molar-refractivity contribution in [2.75, 3.05) is 25.0 Å². The molecule has 0 bridgehead atoms. The maximum Gasteiger partial charge on any atom is 0.234 e. The maximum absolute atomic E-state index is 12.6. The zero-order chi connectivity index (χ0) is 20.8. The van der Waals surface area contributed by atoms with E-state index in [1.807, 2.05) is 37.3 Å². The number of nitrogens with one attached hydrogen (secondary N) is 2. The van der Waals surface area contributed by atoms with Crippen molar-refractivity contribution in [2.45, 2.75) is 39.7 Å². The van der Waals surface area contributed by atoms with Crippen LogP contribution in [0.5, 0.6) is 0 Å². The Morgan fingerprint density at radius 1 is 1.10 bits per heavy atom. The van der Waals surface area contributed by atoms with Gasteiger partial charge in [0.2, 0.25) is 11.8 Å². The Bertz CT molecular complexity index is 850. The second-order valence-corrected chi connectivity index (χ2v) is 8.06. The predicted octanol–water partition coefficient (Wildman–Crippen LogP) is 3.83. The average Bonchev–Trinajstić information content (AvgIpc) is 2.71. The summed E-state index contributed by atoms with van der Waals surface area (Å²) >= 11 is 0. The monoisotopic (exact) mass is 393 g/mol. The summed E-state index contributed by atoms with van der Waals surface area (Å²) in [7, 11) is 0. The Morgan fingerprint density at radius 3 is 2.59 bits per heavy atom. The number of para-hydroxylation sites is 1. The first kappa shape index (κ1) is 21.1. The van der Waals surface area contributed by atoms with Gasteiger partial charge in [-0.15, -0.1) is 0 Å². The molecule has 1 heterocycles. The van der Waals surface area contributed by atoms with Gasteiger partial charge in [0.15, 0.2) is 0 Å². The molecule has 2 aromatic carbocycles. The van der Waals surface area contributed by atoms with Gasteiger partial charge in [-0.2, -0.15) is 0 Å². The second-order valence-electron chi connectivity index (χ2n) is 8.06. The Hall–Kier alpha value is -2.66. The van der Waals surface area contributed by atoms with E-state index < -0.39 is 0 Å². The molecule has 3 rings (SSSR count). The fraction of sp³-hybridized carbons (Fsp3) is 0.417. The van der Waals surface area contributed by atoms with E-state index in [9.17, 15) is 9.59 Å². The van der Waals surface area contributed by atoms with Crippen molar-refractivity contribution in [3.63, 3.8) is 0 Å². The number of benzene rings is 2. The number of carbonyl (C=O) groups excluding carboxylic acids is 2. The van der Waals surface area contributed by atoms with Gasteiger partial charge in [-0.1, -0.05) is 36.4 Å². The summed E-state index contributed by atoms with van der Waals surface area (Å²) in [5.74, 6) is -0.0569. The molecule has 154 valence electrons. The number of likely N-dealkylation sites (tertiary alicyclic amines) is 1. The lowest BCUT2D eigenvalue weighted by atomic mass is 9.97. The fourth-order valence-corrected chi connectivity index (χ4v) is 3.79. The summed E-state index contributed by atoms with van der Waals surface area (Å²) in [4.78, 5) is 27.2. The molecule has 1 fully saturated rings. The van der Waals surface area contributed by atoms with Crippen LogP contribution >= 0.6 is 0 Å². The third-order valence-corrected chi connectivity index (χ3v) is 5.69. The van der Waals surface area contributed by atoms with Crippen LogP contribution in [-0.4, -0.2) is 36.3 Å². The Kier molecular flexibility index (Phi) is 7.04. The molecule has 0 spiro atoms. The van der Waals surface area contributed by atoms with Crippen molar-refractivity contribution in [3.8, 4) is 0 Å². The molecule has 2 amide bonds. The van der Waals surface area contributed by atoms with Gasteiger partial charge in [-0.3, -0.25) is 14.5 Å². The number of amides is 2. The molecular weight excluding hydrogens is 362 g/mol. The molecule has 0 radical (unpaired) electrons. The molecule has 5 heteroatoms. The van der Waals surface area contributed by atoms with Gasteiger partial charge in [-0.25, -0.2) is 0 Å². The van der Waals surface area contributed by atoms with Crippen molar-refractivity contribution >= 4 is 17.5 Å². The number of hydrogen-bond acceptors (Lipinski definition) is 3. The summed E-state index contributed by atoms with van der Waals surface area (Å²) in [6.45, 7) is 7.97. The number of aryl methyl sites for hydroxylation is 2. The van der Waals surface area contributed by atoms with Gasteiger partial charge in [0.05, 0.1) is 18.5 Å². The van der Waals surface area contributed by atoms with E-state index in [1.54, 1.807) is 0 Å². The smallest absolute Gasteiger partial charge is 0.234 e. The van der Waals surface area contributed by atoms with Crippen molar-refractivity contribution in [1.82, 2.24) is 10.2 Å². The number of carbonyl (C=O) groups is 2. The van der Waals surface area contributed by atoms with Gasteiger partial charge >= 0.3 is 0 Å². The zero-order valence-electron chi connectivity index (χ0n) is 17.6. The van der Waals surface area contributed by atoms with Gasteiger partial charge in [0.1, 0.15) is 0 Å².